The molecule has 0 radical (unpaired) electrons. The number of thiophene rings is 1. The molecule has 7 heteroatoms. The number of nitrogens with one attached hydrogen (secondary N) is 2. The monoisotopic (exact) mass is 502 g/mol. The minimum absolute atomic E-state index is 0. The van der Waals surface area contributed by atoms with E-state index in [0.29, 0.717) is 0 Å². The highest BCUT2D eigenvalue weighted by Gasteiger charge is 2.09. The average molecular weight is 503 g/mol. The molecule has 0 amide bonds. The Morgan fingerprint density at radius 2 is 2.05 bits per heavy atom. The lowest BCUT2D eigenvalue weighted by Crippen LogP contribution is -2.40. The van der Waals surface area contributed by atoms with Crippen molar-refractivity contribution in [2.75, 3.05) is 26.7 Å². The van der Waals surface area contributed by atoms with E-state index in [4.69, 9.17) is 0 Å². The highest BCUT2D eigenvalue weighted by Crippen LogP contribution is 2.22. The molecular formula is C15H28BrIN4S. The van der Waals surface area contributed by atoms with Crippen LogP contribution in [-0.2, 0) is 6.54 Å². The standard InChI is InChI=1S/C15H27BrN4S.HI/c1-6-17-14(18-9-10-19-15(2,3)4)20(5)11-12-7-8-13(16)21-12;/h7-8,19H,6,9-11H2,1-5H3,(H,17,18);1H. The first kappa shape index (κ1) is 22.1. The van der Waals surface area contributed by atoms with Gasteiger partial charge in [0, 0.05) is 30.6 Å². The number of nitrogens with zero attached hydrogens (tertiary/aromatic N) is 2. The van der Waals surface area contributed by atoms with Crippen LogP contribution in [0.2, 0.25) is 0 Å². The summed E-state index contributed by atoms with van der Waals surface area (Å²) >= 11 is 5.27. The van der Waals surface area contributed by atoms with E-state index < -0.39 is 0 Å². The van der Waals surface area contributed by atoms with Crippen LogP contribution in [-0.4, -0.2) is 43.1 Å². The van der Waals surface area contributed by atoms with Gasteiger partial charge in [0.1, 0.15) is 0 Å². The van der Waals surface area contributed by atoms with E-state index in [0.717, 1.165) is 32.1 Å². The van der Waals surface area contributed by atoms with Crippen molar-refractivity contribution in [1.29, 1.82) is 0 Å². The van der Waals surface area contributed by atoms with Gasteiger partial charge in [-0.2, -0.15) is 0 Å². The first-order valence-corrected chi connectivity index (χ1v) is 8.91. The fourth-order valence-electron chi connectivity index (χ4n) is 1.81. The van der Waals surface area contributed by atoms with E-state index in [1.54, 1.807) is 11.3 Å². The molecule has 0 bridgehead atoms. The largest absolute Gasteiger partial charge is 0.357 e. The van der Waals surface area contributed by atoms with E-state index in [2.05, 4.69) is 83.3 Å². The zero-order valence-electron chi connectivity index (χ0n) is 14.1. The summed E-state index contributed by atoms with van der Waals surface area (Å²) in [7, 11) is 2.08. The first-order chi connectivity index (χ1) is 9.81. The molecule has 4 nitrogen and oxygen atoms in total. The smallest absolute Gasteiger partial charge is 0.194 e. The molecule has 0 saturated carbocycles. The number of halogens is 2. The molecule has 1 aromatic rings. The third-order valence-corrected chi connectivity index (χ3v) is 4.36. The van der Waals surface area contributed by atoms with Crippen LogP contribution in [0.15, 0.2) is 20.9 Å². The Morgan fingerprint density at radius 3 is 2.55 bits per heavy atom. The maximum atomic E-state index is 4.68. The zero-order chi connectivity index (χ0) is 15.9. The molecule has 22 heavy (non-hydrogen) atoms. The molecule has 1 aromatic heterocycles. The summed E-state index contributed by atoms with van der Waals surface area (Å²) < 4.78 is 1.17. The molecule has 0 fully saturated rings. The van der Waals surface area contributed by atoms with Gasteiger partial charge in [-0.15, -0.1) is 35.3 Å². The van der Waals surface area contributed by atoms with Gasteiger partial charge < -0.3 is 15.5 Å². The predicted molar refractivity (Wildman–Crippen MR) is 113 cm³/mol. The average Bonchev–Trinajstić information content (AvgIpc) is 2.77. The molecule has 0 aliphatic rings. The van der Waals surface area contributed by atoms with E-state index in [9.17, 15) is 0 Å². The normalized spacial score (nSPS) is 12.0. The van der Waals surface area contributed by atoms with Gasteiger partial charge >= 0.3 is 0 Å². The second-order valence-electron chi connectivity index (χ2n) is 5.97. The Hall–Kier alpha value is 0.140. The number of hydrogen-bond acceptors (Lipinski definition) is 3. The van der Waals surface area contributed by atoms with Crippen LogP contribution in [0.25, 0.3) is 0 Å². The van der Waals surface area contributed by atoms with Gasteiger partial charge in [0.15, 0.2) is 5.96 Å². The topological polar surface area (TPSA) is 39.7 Å². The van der Waals surface area contributed by atoms with Crippen molar-refractivity contribution in [2.24, 2.45) is 4.99 Å². The SMILES string of the molecule is CCNC(=NCCNC(C)(C)C)N(C)Cc1ccc(Br)s1.I. The number of aliphatic imine (C=N–C) groups is 1. The maximum Gasteiger partial charge on any atom is 0.194 e. The second kappa shape index (κ2) is 10.8. The number of hydrogen-bond donors (Lipinski definition) is 2. The summed E-state index contributed by atoms with van der Waals surface area (Å²) in [5.74, 6) is 0.956. The molecule has 2 N–H and O–H groups in total. The fraction of sp³-hybridized carbons (Fsp3) is 0.667. The maximum absolute atomic E-state index is 4.68. The van der Waals surface area contributed by atoms with Crippen LogP contribution in [0.1, 0.15) is 32.6 Å². The molecule has 1 rings (SSSR count). The van der Waals surface area contributed by atoms with E-state index in [-0.39, 0.29) is 29.5 Å². The minimum atomic E-state index is 0. The lowest BCUT2D eigenvalue weighted by molar-refractivity contribution is 0.430. The molecule has 0 aromatic carbocycles. The van der Waals surface area contributed by atoms with Crippen LogP contribution in [0.3, 0.4) is 0 Å². The molecule has 0 saturated heterocycles. The number of guanidine groups is 1. The molecule has 128 valence electrons. The molecule has 0 aliphatic heterocycles. The highest BCUT2D eigenvalue weighted by molar-refractivity contribution is 14.0. The van der Waals surface area contributed by atoms with Crippen molar-refractivity contribution in [3.8, 4) is 0 Å². The summed E-state index contributed by atoms with van der Waals surface area (Å²) in [5.41, 5.74) is 0.142. The predicted octanol–water partition coefficient (Wildman–Crippen LogP) is 3.91. The van der Waals surface area contributed by atoms with Gasteiger partial charge in [-0.1, -0.05) is 0 Å². The van der Waals surface area contributed by atoms with Crippen LogP contribution >= 0.6 is 51.2 Å². The van der Waals surface area contributed by atoms with E-state index >= 15 is 0 Å². The second-order valence-corrected chi connectivity index (χ2v) is 8.52. The summed E-state index contributed by atoms with van der Waals surface area (Å²) in [4.78, 5) is 8.17. The molecular weight excluding hydrogens is 475 g/mol. The van der Waals surface area contributed by atoms with Crippen molar-refractivity contribution in [1.82, 2.24) is 15.5 Å². The van der Waals surface area contributed by atoms with Crippen molar-refractivity contribution in [2.45, 2.75) is 39.8 Å². The zero-order valence-corrected chi connectivity index (χ0v) is 18.8. The summed E-state index contributed by atoms with van der Waals surface area (Å²) in [5, 5.41) is 6.80. The fourth-order valence-corrected chi connectivity index (χ4v) is 3.34. The quantitative estimate of drug-likeness (QED) is 0.268. The Bertz CT molecular complexity index is 457. The van der Waals surface area contributed by atoms with Crippen molar-refractivity contribution < 1.29 is 0 Å². The van der Waals surface area contributed by atoms with Crippen LogP contribution < -0.4 is 10.6 Å². The Labute approximate surface area is 164 Å². The van der Waals surface area contributed by atoms with Crippen LogP contribution in [0.5, 0.6) is 0 Å². The molecule has 0 aliphatic carbocycles. The van der Waals surface area contributed by atoms with Crippen molar-refractivity contribution in [3.63, 3.8) is 0 Å². The van der Waals surface area contributed by atoms with Gasteiger partial charge in [0.25, 0.3) is 0 Å². The summed E-state index contributed by atoms with van der Waals surface area (Å²) in [6.07, 6.45) is 0. The lowest BCUT2D eigenvalue weighted by atomic mass is 10.1. The van der Waals surface area contributed by atoms with Gasteiger partial charge in [-0.05, 0) is 55.8 Å². The lowest BCUT2D eigenvalue weighted by Gasteiger charge is -2.22. The molecule has 0 spiro atoms. The Kier molecular flexibility index (Phi) is 10.9. The van der Waals surface area contributed by atoms with Crippen molar-refractivity contribution in [3.05, 3.63) is 20.8 Å². The van der Waals surface area contributed by atoms with Crippen LogP contribution in [0, 0.1) is 0 Å². The first-order valence-electron chi connectivity index (χ1n) is 7.30. The van der Waals surface area contributed by atoms with Gasteiger partial charge in [0.2, 0.25) is 0 Å². The van der Waals surface area contributed by atoms with Gasteiger partial charge in [-0.25, -0.2) is 0 Å². The molecule has 0 atom stereocenters. The molecule has 1 heterocycles. The third-order valence-electron chi connectivity index (χ3n) is 2.75. The Balaban J connectivity index is 0.00000441. The van der Waals surface area contributed by atoms with E-state index in [1.807, 2.05) is 0 Å². The van der Waals surface area contributed by atoms with Gasteiger partial charge in [0.05, 0.1) is 16.9 Å². The number of rotatable bonds is 6. The third kappa shape index (κ3) is 9.32. The van der Waals surface area contributed by atoms with Crippen LogP contribution in [0.4, 0.5) is 0 Å². The minimum Gasteiger partial charge on any atom is -0.357 e. The summed E-state index contributed by atoms with van der Waals surface area (Å²) in [6, 6.07) is 4.24. The molecule has 0 unspecified atom stereocenters. The summed E-state index contributed by atoms with van der Waals surface area (Å²) in [6.45, 7) is 12.0. The highest BCUT2D eigenvalue weighted by atomic mass is 127. The van der Waals surface area contributed by atoms with Gasteiger partial charge in [-0.3, -0.25) is 4.99 Å². The van der Waals surface area contributed by atoms with Crippen molar-refractivity contribution >= 4 is 57.2 Å². The Morgan fingerprint density at radius 1 is 1.36 bits per heavy atom. The van der Waals surface area contributed by atoms with E-state index in [1.165, 1.54) is 8.66 Å².